The molecule has 0 bridgehead atoms. The zero-order valence-corrected chi connectivity index (χ0v) is 13.1. The second-order valence-corrected chi connectivity index (χ2v) is 6.20. The van der Waals surface area contributed by atoms with Crippen LogP contribution in [0, 0.1) is 0 Å². The first-order chi connectivity index (χ1) is 9.15. The number of carbonyl (C=O) groups is 1. The van der Waals surface area contributed by atoms with Crippen LogP contribution in [-0.4, -0.2) is 18.5 Å². The molecule has 1 aliphatic rings. The lowest BCUT2D eigenvalue weighted by Gasteiger charge is -2.23. The third kappa shape index (κ3) is 4.69. The van der Waals surface area contributed by atoms with Crippen molar-refractivity contribution in [3.63, 3.8) is 0 Å². The first-order valence-corrected chi connectivity index (χ1v) is 7.80. The number of hydrogen-bond donors (Lipinski definition) is 2. The minimum Gasteiger partial charge on any atom is -0.375 e. The van der Waals surface area contributed by atoms with Crippen LogP contribution in [0.1, 0.15) is 32.1 Å². The van der Waals surface area contributed by atoms with Gasteiger partial charge in [0.15, 0.2) is 0 Å². The number of carbonyl (C=O) groups excluding carboxylic acids is 1. The molecule has 5 heteroatoms. The van der Waals surface area contributed by atoms with E-state index in [4.69, 9.17) is 11.6 Å². The van der Waals surface area contributed by atoms with Crippen LogP contribution in [0.2, 0.25) is 5.02 Å². The Balaban J connectivity index is 1.81. The van der Waals surface area contributed by atoms with Crippen molar-refractivity contribution in [3.8, 4) is 0 Å². The number of amides is 1. The minimum absolute atomic E-state index is 0.0305. The fourth-order valence-corrected chi connectivity index (χ4v) is 2.88. The van der Waals surface area contributed by atoms with E-state index in [0.29, 0.717) is 11.1 Å². The van der Waals surface area contributed by atoms with E-state index in [9.17, 15) is 4.79 Å². The van der Waals surface area contributed by atoms with Gasteiger partial charge in [0.2, 0.25) is 5.91 Å². The summed E-state index contributed by atoms with van der Waals surface area (Å²) >= 11 is 9.44. The van der Waals surface area contributed by atoms with Crippen LogP contribution < -0.4 is 10.6 Å². The summed E-state index contributed by atoms with van der Waals surface area (Å²) in [7, 11) is 0. The van der Waals surface area contributed by atoms with E-state index in [2.05, 4.69) is 26.6 Å². The van der Waals surface area contributed by atoms with Gasteiger partial charge in [0.05, 0.1) is 17.3 Å². The van der Waals surface area contributed by atoms with E-state index in [1.165, 1.54) is 19.3 Å². The average Bonchev–Trinajstić information content (AvgIpc) is 2.41. The van der Waals surface area contributed by atoms with Crippen LogP contribution in [0.15, 0.2) is 22.7 Å². The third-order valence-electron chi connectivity index (χ3n) is 3.34. The molecular formula is C14H18BrClN2O. The third-order valence-corrected chi connectivity index (χ3v) is 4.16. The van der Waals surface area contributed by atoms with Crippen LogP contribution in [-0.2, 0) is 4.79 Å². The highest BCUT2D eigenvalue weighted by atomic mass is 79.9. The largest absolute Gasteiger partial charge is 0.375 e. The molecule has 1 amide bonds. The second kappa shape index (κ2) is 7.15. The van der Waals surface area contributed by atoms with Crippen molar-refractivity contribution in [1.29, 1.82) is 0 Å². The maximum atomic E-state index is 11.9. The van der Waals surface area contributed by atoms with Gasteiger partial charge < -0.3 is 10.6 Å². The topological polar surface area (TPSA) is 41.1 Å². The highest BCUT2D eigenvalue weighted by molar-refractivity contribution is 9.10. The molecule has 19 heavy (non-hydrogen) atoms. The van der Waals surface area contributed by atoms with Crippen molar-refractivity contribution < 1.29 is 4.79 Å². The summed E-state index contributed by atoms with van der Waals surface area (Å²) in [5, 5.41) is 6.76. The van der Waals surface area contributed by atoms with Gasteiger partial charge in [-0.05, 0) is 31.0 Å². The monoisotopic (exact) mass is 344 g/mol. The van der Waals surface area contributed by atoms with Crippen molar-refractivity contribution in [2.45, 2.75) is 38.1 Å². The molecule has 3 nitrogen and oxygen atoms in total. The molecule has 0 atom stereocenters. The summed E-state index contributed by atoms with van der Waals surface area (Å²) in [5.41, 5.74) is 0.773. The van der Waals surface area contributed by atoms with Crippen LogP contribution in [0.5, 0.6) is 0 Å². The lowest BCUT2D eigenvalue weighted by atomic mass is 9.95. The molecule has 0 unspecified atom stereocenters. The van der Waals surface area contributed by atoms with Crippen molar-refractivity contribution in [1.82, 2.24) is 5.32 Å². The number of nitrogens with one attached hydrogen (secondary N) is 2. The predicted octanol–water partition coefficient (Wildman–Crippen LogP) is 3.96. The average molecular weight is 346 g/mol. The fourth-order valence-electron chi connectivity index (χ4n) is 2.33. The van der Waals surface area contributed by atoms with Crippen LogP contribution in [0.3, 0.4) is 0 Å². The highest BCUT2D eigenvalue weighted by Gasteiger charge is 2.15. The van der Waals surface area contributed by atoms with E-state index in [1.807, 2.05) is 12.1 Å². The molecule has 0 spiro atoms. The summed E-state index contributed by atoms with van der Waals surface area (Å²) in [6.07, 6.45) is 5.93. The Morgan fingerprint density at radius 3 is 2.79 bits per heavy atom. The van der Waals surface area contributed by atoms with Crippen molar-refractivity contribution in [2.75, 3.05) is 11.9 Å². The summed E-state index contributed by atoms with van der Waals surface area (Å²) < 4.78 is 0.937. The molecule has 1 aromatic carbocycles. The van der Waals surface area contributed by atoms with Crippen LogP contribution >= 0.6 is 27.5 Å². The standard InChI is InChI=1S/C14H18BrClN2O/c15-10-6-7-12(16)13(8-10)17-9-14(19)18-11-4-2-1-3-5-11/h6-8,11,17H,1-5,9H2,(H,18,19). The first kappa shape index (κ1) is 14.7. The lowest BCUT2D eigenvalue weighted by Crippen LogP contribution is -2.39. The molecule has 0 heterocycles. The Morgan fingerprint density at radius 1 is 1.32 bits per heavy atom. The molecular weight excluding hydrogens is 328 g/mol. The molecule has 1 fully saturated rings. The summed E-state index contributed by atoms with van der Waals surface area (Å²) in [6.45, 7) is 0.257. The zero-order valence-electron chi connectivity index (χ0n) is 10.7. The molecule has 0 saturated heterocycles. The molecule has 0 radical (unpaired) electrons. The number of anilines is 1. The Hall–Kier alpha value is -0.740. The second-order valence-electron chi connectivity index (χ2n) is 4.88. The SMILES string of the molecule is O=C(CNc1cc(Br)ccc1Cl)NC1CCCCC1. The van der Waals surface area contributed by atoms with Gasteiger partial charge in [0.25, 0.3) is 0 Å². The summed E-state index contributed by atoms with van der Waals surface area (Å²) in [6, 6.07) is 5.89. The fraction of sp³-hybridized carbons (Fsp3) is 0.500. The van der Waals surface area contributed by atoms with Gasteiger partial charge >= 0.3 is 0 Å². The Labute approximate surface area is 127 Å². The van der Waals surface area contributed by atoms with Crippen molar-refractivity contribution in [2.24, 2.45) is 0 Å². The maximum absolute atomic E-state index is 11.9. The number of hydrogen-bond acceptors (Lipinski definition) is 2. The van der Waals surface area contributed by atoms with Gasteiger partial charge in [-0.25, -0.2) is 0 Å². The molecule has 2 rings (SSSR count). The number of rotatable bonds is 4. The van der Waals surface area contributed by atoms with Crippen LogP contribution in [0.25, 0.3) is 0 Å². The van der Waals surface area contributed by atoms with E-state index in [-0.39, 0.29) is 12.5 Å². The summed E-state index contributed by atoms with van der Waals surface area (Å²) in [5.74, 6) is 0.0305. The minimum atomic E-state index is 0.0305. The van der Waals surface area contributed by atoms with Gasteiger partial charge in [-0.2, -0.15) is 0 Å². The molecule has 1 aromatic rings. The van der Waals surface area contributed by atoms with Gasteiger partial charge in [-0.1, -0.05) is 46.8 Å². The summed E-state index contributed by atoms with van der Waals surface area (Å²) in [4.78, 5) is 11.9. The molecule has 104 valence electrons. The number of benzene rings is 1. The predicted molar refractivity (Wildman–Crippen MR) is 82.7 cm³/mol. The van der Waals surface area contributed by atoms with Gasteiger partial charge in [-0.3, -0.25) is 4.79 Å². The normalized spacial score (nSPS) is 16.1. The number of halogens is 2. The van der Waals surface area contributed by atoms with E-state index < -0.39 is 0 Å². The van der Waals surface area contributed by atoms with E-state index in [1.54, 1.807) is 6.07 Å². The molecule has 2 N–H and O–H groups in total. The molecule has 0 aliphatic heterocycles. The molecule has 0 aromatic heterocycles. The molecule has 1 aliphatic carbocycles. The Bertz CT molecular complexity index is 447. The smallest absolute Gasteiger partial charge is 0.239 e. The Kier molecular flexibility index (Phi) is 5.52. The lowest BCUT2D eigenvalue weighted by molar-refractivity contribution is -0.120. The van der Waals surface area contributed by atoms with Gasteiger partial charge in [0, 0.05) is 10.5 Å². The Morgan fingerprint density at radius 2 is 2.05 bits per heavy atom. The van der Waals surface area contributed by atoms with Gasteiger partial charge in [-0.15, -0.1) is 0 Å². The maximum Gasteiger partial charge on any atom is 0.239 e. The van der Waals surface area contributed by atoms with Crippen molar-refractivity contribution in [3.05, 3.63) is 27.7 Å². The quantitative estimate of drug-likeness (QED) is 0.867. The first-order valence-electron chi connectivity index (χ1n) is 6.63. The van der Waals surface area contributed by atoms with Crippen molar-refractivity contribution >= 4 is 39.1 Å². The van der Waals surface area contributed by atoms with Gasteiger partial charge in [0.1, 0.15) is 0 Å². The van der Waals surface area contributed by atoms with E-state index >= 15 is 0 Å². The van der Waals surface area contributed by atoms with E-state index in [0.717, 1.165) is 23.0 Å². The molecule has 1 saturated carbocycles. The van der Waals surface area contributed by atoms with Crippen LogP contribution in [0.4, 0.5) is 5.69 Å². The zero-order chi connectivity index (χ0) is 13.7. The highest BCUT2D eigenvalue weighted by Crippen LogP contribution is 2.25.